The summed E-state index contributed by atoms with van der Waals surface area (Å²) >= 11 is 0. The Balaban J connectivity index is 1.83. The summed E-state index contributed by atoms with van der Waals surface area (Å²) in [5.41, 5.74) is 0.666. The third-order valence-electron chi connectivity index (χ3n) is 4.96. The fourth-order valence-electron chi connectivity index (χ4n) is 3.35. The van der Waals surface area contributed by atoms with Crippen molar-refractivity contribution < 1.29 is 28.2 Å². The average molecular weight is 484 g/mol. The molecule has 0 saturated carbocycles. The number of benzene rings is 1. The van der Waals surface area contributed by atoms with E-state index in [0.29, 0.717) is 28.8 Å². The summed E-state index contributed by atoms with van der Waals surface area (Å²) in [6, 6.07) is 7.78. The number of urea groups is 1. The first-order chi connectivity index (χ1) is 16.7. The van der Waals surface area contributed by atoms with E-state index in [9.17, 15) is 28.2 Å². The lowest BCUT2D eigenvalue weighted by atomic mass is 10.0. The number of nitrogens with one attached hydrogen (secondary N) is 2. The smallest absolute Gasteiger partial charge is 0.435 e. The summed E-state index contributed by atoms with van der Waals surface area (Å²) in [6.45, 7) is 2.10. The van der Waals surface area contributed by atoms with Gasteiger partial charge in [0.2, 0.25) is 0 Å². The first-order valence-corrected chi connectivity index (χ1v) is 10.3. The standard InChI is InChI=1S/C23H19F3N6O3/c1-2-28-22(35)30-20-9-17(32-7-6-19(31-32)23(24,25)26)16(12-29-20)14-8-13(10-27-11-14)15-4-3-5-18(33)21(15)34/h3-12,33-34H,2H2,1H3,(H2,28,29,30,35). The number of hydrogen-bond acceptors (Lipinski definition) is 6. The number of aromatic nitrogens is 4. The molecule has 3 aromatic heterocycles. The minimum atomic E-state index is -4.64. The molecule has 0 radical (unpaired) electrons. The number of para-hydroxylation sites is 1. The van der Waals surface area contributed by atoms with Crippen LogP contribution in [-0.2, 0) is 6.18 Å². The largest absolute Gasteiger partial charge is 0.504 e. The van der Waals surface area contributed by atoms with Crippen molar-refractivity contribution in [1.29, 1.82) is 0 Å². The van der Waals surface area contributed by atoms with Crippen LogP contribution >= 0.6 is 0 Å². The number of carbonyl (C=O) groups is 1. The third-order valence-corrected chi connectivity index (χ3v) is 4.96. The Morgan fingerprint density at radius 1 is 1.06 bits per heavy atom. The van der Waals surface area contributed by atoms with Gasteiger partial charge in [0.15, 0.2) is 17.2 Å². The van der Waals surface area contributed by atoms with Crippen molar-refractivity contribution in [2.75, 3.05) is 11.9 Å². The molecule has 2 amide bonds. The van der Waals surface area contributed by atoms with E-state index in [1.165, 1.54) is 30.7 Å². The molecule has 4 rings (SSSR count). The minimum Gasteiger partial charge on any atom is -0.504 e. The van der Waals surface area contributed by atoms with E-state index in [4.69, 9.17) is 0 Å². The highest BCUT2D eigenvalue weighted by molar-refractivity contribution is 5.89. The van der Waals surface area contributed by atoms with Gasteiger partial charge in [0.1, 0.15) is 5.82 Å². The van der Waals surface area contributed by atoms with Crippen molar-refractivity contribution >= 4 is 11.8 Å². The number of alkyl halides is 3. The summed E-state index contributed by atoms with van der Waals surface area (Å²) < 4.78 is 40.6. The summed E-state index contributed by atoms with van der Waals surface area (Å²) in [5.74, 6) is -0.561. The van der Waals surface area contributed by atoms with Crippen molar-refractivity contribution in [3.05, 3.63) is 66.9 Å². The number of nitrogens with zero attached hydrogens (tertiary/aromatic N) is 4. The Labute approximate surface area is 196 Å². The molecular weight excluding hydrogens is 465 g/mol. The minimum absolute atomic E-state index is 0.0912. The van der Waals surface area contributed by atoms with Gasteiger partial charge in [-0.05, 0) is 25.1 Å². The van der Waals surface area contributed by atoms with Gasteiger partial charge in [0, 0.05) is 59.7 Å². The molecule has 1 aromatic carbocycles. The number of phenolic OH excluding ortho intramolecular Hbond substituents is 2. The van der Waals surface area contributed by atoms with Crippen molar-refractivity contribution in [2.45, 2.75) is 13.1 Å². The lowest BCUT2D eigenvalue weighted by Crippen LogP contribution is -2.28. The van der Waals surface area contributed by atoms with Gasteiger partial charge in [-0.1, -0.05) is 12.1 Å². The number of carbonyl (C=O) groups excluding carboxylic acids is 1. The molecule has 180 valence electrons. The Hall–Kier alpha value is -4.61. The van der Waals surface area contributed by atoms with Crippen molar-refractivity contribution in [1.82, 2.24) is 25.1 Å². The molecule has 0 bridgehead atoms. The molecule has 0 atom stereocenters. The van der Waals surface area contributed by atoms with Crippen LogP contribution in [-0.4, -0.2) is 42.5 Å². The second-order valence-electron chi connectivity index (χ2n) is 7.35. The predicted molar refractivity (Wildman–Crippen MR) is 121 cm³/mol. The Kier molecular flexibility index (Phi) is 6.28. The average Bonchev–Trinajstić information content (AvgIpc) is 3.32. The highest BCUT2D eigenvalue weighted by Crippen LogP contribution is 2.38. The normalized spacial score (nSPS) is 11.3. The molecule has 3 heterocycles. The first kappa shape index (κ1) is 23.5. The molecule has 0 aliphatic carbocycles. The van der Waals surface area contributed by atoms with Crippen LogP contribution < -0.4 is 10.6 Å². The van der Waals surface area contributed by atoms with E-state index >= 15 is 0 Å². The monoisotopic (exact) mass is 484 g/mol. The number of aromatic hydroxyl groups is 2. The zero-order valence-electron chi connectivity index (χ0n) is 18.2. The van der Waals surface area contributed by atoms with Crippen LogP contribution in [0.5, 0.6) is 11.5 Å². The van der Waals surface area contributed by atoms with Crippen LogP contribution in [0.3, 0.4) is 0 Å². The maximum Gasteiger partial charge on any atom is 0.435 e. The quantitative estimate of drug-likeness (QED) is 0.308. The van der Waals surface area contributed by atoms with Crippen LogP contribution in [0.25, 0.3) is 27.9 Å². The van der Waals surface area contributed by atoms with E-state index in [0.717, 1.165) is 16.9 Å². The predicted octanol–water partition coefficient (Wildman–Crippen LogP) is 4.57. The number of phenols is 2. The molecular formula is C23H19F3N6O3. The summed E-state index contributed by atoms with van der Waals surface area (Å²) in [5, 5.41) is 28.8. The van der Waals surface area contributed by atoms with Crippen molar-refractivity contribution in [3.8, 4) is 39.4 Å². The molecule has 0 fully saturated rings. The van der Waals surface area contributed by atoms with E-state index in [1.54, 1.807) is 25.1 Å². The van der Waals surface area contributed by atoms with E-state index in [-0.39, 0.29) is 23.0 Å². The Bertz CT molecular complexity index is 1390. The first-order valence-electron chi connectivity index (χ1n) is 10.3. The van der Waals surface area contributed by atoms with Gasteiger partial charge in [0.25, 0.3) is 0 Å². The van der Waals surface area contributed by atoms with Gasteiger partial charge in [-0.2, -0.15) is 18.3 Å². The topological polar surface area (TPSA) is 125 Å². The van der Waals surface area contributed by atoms with E-state index < -0.39 is 17.9 Å². The van der Waals surface area contributed by atoms with Gasteiger partial charge < -0.3 is 15.5 Å². The molecule has 4 aromatic rings. The number of rotatable bonds is 5. The summed E-state index contributed by atoms with van der Waals surface area (Å²) in [7, 11) is 0. The molecule has 0 aliphatic heterocycles. The molecule has 0 unspecified atom stereocenters. The van der Waals surface area contributed by atoms with Crippen LogP contribution in [0, 0.1) is 0 Å². The Morgan fingerprint density at radius 3 is 2.49 bits per heavy atom. The number of anilines is 1. The third kappa shape index (κ3) is 5.00. The fourth-order valence-corrected chi connectivity index (χ4v) is 3.35. The molecule has 9 nitrogen and oxygen atoms in total. The molecule has 35 heavy (non-hydrogen) atoms. The maximum absolute atomic E-state index is 13.2. The summed E-state index contributed by atoms with van der Waals surface area (Å²) in [4.78, 5) is 20.3. The van der Waals surface area contributed by atoms with Gasteiger partial charge in [-0.15, -0.1) is 0 Å². The molecule has 0 aliphatic rings. The Morgan fingerprint density at radius 2 is 1.80 bits per heavy atom. The van der Waals surface area contributed by atoms with E-state index in [2.05, 4.69) is 25.7 Å². The van der Waals surface area contributed by atoms with Crippen LogP contribution in [0.2, 0.25) is 0 Å². The summed E-state index contributed by atoms with van der Waals surface area (Å²) in [6.07, 6.45) is 0.806. The van der Waals surface area contributed by atoms with Gasteiger partial charge in [0.05, 0.1) is 5.69 Å². The lowest BCUT2D eigenvalue weighted by Gasteiger charge is -2.14. The van der Waals surface area contributed by atoms with Crippen LogP contribution in [0.1, 0.15) is 12.6 Å². The number of hydrogen-bond donors (Lipinski definition) is 4. The molecule has 4 N–H and O–H groups in total. The lowest BCUT2D eigenvalue weighted by molar-refractivity contribution is -0.141. The number of halogens is 3. The van der Waals surface area contributed by atoms with Crippen molar-refractivity contribution in [2.24, 2.45) is 0 Å². The highest BCUT2D eigenvalue weighted by Gasteiger charge is 2.34. The number of pyridine rings is 2. The van der Waals surface area contributed by atoms with Crippen LogP contribution in [0.15, 0.2) is 61.2 Å². The van der Waals surface area contributed by atoms with Gasteiger partial charge in [-0.3, -0.25) is 10.3 Å². The number of amides is 2. The highest BCUT2D eigenvalue weighted by atomic mass is 19.4. The van der Waals surface area contributed by atoms with Gasteiger partial charge in [-0.25, -0.2) is 14.5 Å². The second kappa shape index (κ2) is 9.33. The molecule has 12 heteroatoms. The zero-order chi connectivity index (χ0) is 25.2. The maximum atomic E-state index is 13.2. The van der Waals surface area contributed by atoms with Crippen LogP contribution in [0.4, 0.5) is 23.8 Å². The van der Waals surface area contributed by atoms with Crippen molar-refractivity contribution in [3.63, 3.8) is 0 Å². The molecule has 0 saturated heterocycles. The molecule has 0 spiro atoms. The van der Waals surface area contributed by atoms with Gasteiger partial charge >= 0.3 is 12.2 Å². The second-order valence-corrected chi connectivity index (χ2v) is 7.35. The zero-order valence-corrected chi connectivity index (χ0v) is 18.2. The fraction of sp³-hybridized carbons (Fsp3) is 0.130. The van der Waals surface area contributed by atoms with E-state index in [1.807, 2.05) is 0 Å². The SMILES string of the molecule is CCNC(=O)Nc1cc(-n2ccc(C(F)(F)F)n2)c(-c2cncc(-c3cccc(O)c3O)c2)cn1.